The largest absolute Gasteiger partial charge is 0.497 e. The van der Waals surface area contributed by atoms with Gasteiger partial charge in [0.25, 0.3) is 0 Å². The zero-order valence-corrected chi connectivity index (χ0v) is 17.5. The fourth-order valence-corrected chi connectivity index (χ4v) is 3.95. The SMILES string of the molecule is COCCn1c(SCc2nc(-c3cccc(OC)c3)no2)nc2cc(Cl)ccc21. The van der Waals surface area contributed by atoms with Gasteiger partial charge < -0.3 is 18.6 Å². The van der Waals surface area contributed by atoms with Crippen LogP contribution in [-0.4, -0.2) is 40.5 Å². The molecule has 0 fully saturated rings. The van der Waals surface area contributed by atoms with E-state index in [1.165, 1.54) is 11.8 Å². The van der Waals surface area contributed by atoms with Crippen LogP contribution in [0.2, 0.25) is 5.02 Å². The number of hydrogen-bond donors (Lipinski definition) is 0. The Bertz CT molecular complexity index is 1130. The molecule has 7 nitrogen and oxygen atoms in total. The number of benzene rings is 2. The fraction of sp³-hybridized carbons (Fsp3) is 0.250. The Morgan fingerprint density at radius 2 is 2.03 bits per heavy atom. The molecule has 0 saturated heterocycles. The van der Waals surface area contributed by atoms with Crippen LogP contribution in [-0.2, 0) is 17.0 Å². The highest BCUT2D eigenvalue weighted by molar-refractivity contribution is 7.98. The second kappa shape index (κ2) is 8.86. The van der Waals surface area contributed by atoms with Crippen molar-refractivity contribution in [2.75, 3.05) is 20.8 Å². The number of halogens is 1. The van der Waals surface area contributed by atoms with Crippen LogP contribution in [0.1, 0.15) is 5.89 Å². The van der Waals surface area contributed by atoms with E-state index in [1.54, 1.807) is 14.2 Å². The quantitative estimate of drug-likeness (QED) is 0.375. The Morgan fingerprint density at radius 1 is 1.14 bits per heavy atom. The minimum Gasteiger partial charge on any atom is -0.497 e. The predicted octanol–water partition coefficient (Wildman–Crippen LogP) is 4.69. The normalized spacial score (nSPS) is 11.3. The van der Waals surface area contributed by atoms with E-state index in [-0.39, 0.29) is 0 Å². The van der Waals surface area contributed by atoms with Gasteiger partial charge in [0, 0.05) is 24.2 Å². The molecule has 0 radical (unpaired) electrons. The molecule has 0 aliphatic heterocycles. The summed E-state index contributed by atoms with van der Waals surface area (Å²) in [6.45, 7) is 1.28. The molecule has 0 amide bonds. The standard InChI is InChI=1S/C20H19ClN4O3S/c1-26-9-8-25-17-7-6-14(21)11-16(17)22-20(25)29-12-18-23-19(24-28-18)13-4-3-5-15(10-13)27-2/h3-7,10-11H,8-9,12H2,1-2H3. The van der Waals surface area contributed by atoms with Crippen LogP contribution in [0.5, 0.6) is 5.75 Å². The van der Waals surface area contributed by atoms with E-state index in [0.29, 0.717) is 35.6 Å². The number of hydrogen-bond acceptors (Lipinski definition) is 7. The molecule has 4 aromatic rings. The molecule has 9 heteroatoms. The first-order valence-electron chi connectivity index (χ1n) is 8.92. The number of fused-ring (bicyclic) bond motifs is 1. The zero-order chi connectivity index (χ0) is 20.2. The zero-order valence-electron chi connectivity index (χ0n) is 16.0. The molecule has 0 saturated carbocycles. The third kappa shape index (κ3) is 4.39. The number of aromatic nitrogens is 4. The molecule has 0 N–H and O–H groups in total. The Balaban J connectivity index is 1.54. The maximum Gasteiger partial charge on any atom is 0.237 e. The highest BCUT2D eigenvalue weighted by Crippen LogP contribution is 2.29. The number of methoxy groups -OCH3 is 2. The van der Waals surface area contributed by atoms with Crippen molar-refractivity contribution in [1.29, 1.82) is 0 Å². The summed E-state index contributed by atoms with van der Waals surface area (Å²) < 4.78 is 18.0. The first-order chi connectivity index (χ1) is 14.2. The monoisotopic (exact) mass is 430 g/mol. The van der Waals surface area contributed by atoms with Gasteiger partial charge in [-0.2, -0.15) is 4.98 Å². The summed E-state index contributed by atoms with van der Waals surface area (Å²) in [5, 5.41) is 5.59. The van der Waals surface area contributed by atoms with Crippen LogP contribution < -0.4 is 4.74 Å². The lowest BCUT2D eigenvalue weighted by Gasteiger charge is -2.07. The molecular weight excluding hydrogens is 412 g/mol. The minimum atomic E-state index is 0.501. The fourth-order valence-electron chi connectivity index (χ4n) is 2.91. The lowest BCUT2D eigenvalue weighted by atomic mass is 10.2. The van der Waals surface area contributed by atoms with E-state index >= 15 is 0 Å². The molecule has 0 aliphatic rings. The van der Waals surface area contributed by atoms with E-state index < -0.39 is 0 Å². The molecule has 0 atom stereocenters. The summed E-state index contributed by atoms with van der Waals surface area (Å²) in [7, 11) is 3.31. The number of ether oxygens (including phenoxy) is 2. The van der Waals surface area contributed by atoms with Crippen molar-refractivity contribution in [3.05, 3.63) is 53.4 Å². The van der Waals surface area contributed by atoms with Crippen molar-refractivity contribution >= 4 is 34.4 Å². The molecule has 2 aromatic heterocycles. The first kappa shape index (κ1) is 19.8. The maximum absolute atomic E-state index is 6.12. The van der Waals surface area contributed by atoms with Gasteiger partial charge in [-0.3, -0.25) is 0 Å². The van der Waals surface area contributed by atoms with Gasteiger partial charge in [-0.05, 0) is 30.3 Å². The molecule has 150 valence electrons. The topological polar surface area (TPSA) is 75.2 Å². The van der Waals surface area contributed by atoms with Gasteiger partial charge in [-0.25, -0.2) is 4.98 Å². The molecule has 0 aliphatic carbocycles. The lowest BCUT2D eigenvalue weighted by Crippen LogP contribution is -2.05. The molecule has 29 heavy (non-hydrogen) atoms. The molecule has 2 aromatic carbocycles. The van der Waals surface area contributed by atoms with Crippen LogP contribution >= 0.6 is 23.4 Å². The summed E-state index contributed by atoms with van der Waals surface area (Å²) in [6, 6.07) is 13.2. The number of nitrogens with zero attached hydrogens (tertiary/aromatic N) is 4. The summed E-state index contributed by atoms with van der Waals surface area (Å²) in [5.41, 5.74) is 2.70. The van der Waals surface area contributed by atoms with Crippen molar-refractivity contribution in [1.82, 2.24) is 19.7 Å². The molecule has 0 spiro atoms. The van der Waals surface area contributed by atoms with Crippen molar-refractivity contribution in [3.8, 4) is 17.1 Å². The average molecular weight is 431 g/mol. The molecule has 0 bridgehead atoms. The summed E-state index contributed by atoms with van der Waals surface area (Å²) in [5.74, 6) is 2.30. The summed E-state index contributed by atoms with van der Waals surface area (Å²) in [4.78, 5) is 9.20. The van der Waals surface area contributed by atoms with Gasteiger partial charge in [0.2, 0.25) is 11.7 Å². The van der Waals surface area contributed by atoms with E-state index in [2.05, 4.69) is 14.7 Å². The summed E-state index contributed by atoms with van der Waals surface area (Å²) in [6.07, 6.45) is 0. The predicted molar refractivity (Wildman–Crippen MR) is 112 cm³/mol. The second-order valence-electron chi connectivity index (χ2n) is 6.20. The van der Waals surface area contributed by atoms with Gasteiger partial charge in [0.1, 0.15) is 5.75 Å². The van der Waals surface area contributed by atoms with Gasteiger partial charge >= 0.3 is 0 Å². The van der Waals surface area contributed by atoms with E-state index in [1.807, 2.05) is 42.5 Å². The first-order valence-corrected chi connectivity index (χ1v) is 10.3. The highest BCUT2D eigenvalue weighted by atomic mass is 35.5. The Kier molecular flexibility index (Phi) is 6.03. The average Bonchev–Trinajstić information content (AvgIpc) is 3.35. The Morgan fingerprint density at radius 3 is 2.86 bits per heavy atom. The van der Waals surface area contributed by atoms with Gasteiger partial charge in [0.15, 0.2) is 5.16 Å². The Hall–Kier alpha value is -2.55. The van der Waals surface area contributed by atoms with Gasteiger partial charge in [-0.1, -0.05) is 40.7 Å². The van der Waals surface area contributed by atoms with E-state index in [0.717, 1.165) is 27.5 Å². The molecule has 4 rings (SSSR count). The molecule has 2 heterocycles. The maximum atomic E-state index is 6.12. The van der Waals surface area contributed by atoms with Gasteiger partial charge in [-0.15, -0.1) is 0 Å². The third-order valence-corrected chi connectivity index (χ3v) is 5.51. The van der Waals surface area contributed by atoms with Crippen molar-refractivity contribution in [2.24, 2.45) is 0 Å². The van der Waals surface area contributed by atoms with Crippen molar-refractivity contribution in [2.45, 2.75) is 17.5 Å². The summed E-state index contributed by atoms with van der Waals surface area (Å²) >= 11 is 7.65. The Labute approximate surface area is 177 Å². The molecule has 0 unspecified atom stereocenters. The van der Waals surface area contributed by atoms with Crippen molar-refractivity contribution < 1.29 is 14.0 Å². The third-order valence-electron chi connectivity index (χ3n) is 4.32. The smallest absolute Gasteiger partial charge is 0.237 e. The second-order valence-corrected chi connectivity index (χ2v) is 7.58. The van der Waals surface area contributed by atoms with Crippen molar-refractivity contribution in [3.63, 3.8) is 0 Å². The number of rotatable bonds is 8. The van der Waals surface area contributed by atoms with Crippen LogP contribution in [0.4, 0.5) is 0 Å². The van der Waals surface area contributed by atoms with Gasteiger partial charge in [0.05, 0.1) is 30.5 Å². The van der Waals surface area contributed by atoms with Crippen LogP contribution in [0.25, 0.3) is 22.4 Å². The lowest BCUT2D eigenvalue weighted by molar-refractivity contribution is 0.186. The van der Waals surface area contributed by atoms with Crippen LogP contribution in [0.3, 0.4) is 0 Å². The van der Waals surface area contributed by atoms with Crippen LogP contribution in [0.15, 0.2) is 52.1 Å². The number of imidazole rings is 1. The molecular formula is C20H19ClN4O3S. The number of thioether (sulfide) groups is 1. The van der Waals surface area contributed by atoms with Crippen LogP contribution in [0, 0.1) is 0 Å². The highest BCUT2D eigenvalue weighted by Gasteiger charge is 2.15. The van der Waals surface area contributed by atoms with E-state index in [9.17, 15) is 0 Å². The minimum absolute atomic E-state index is 0.501. The van der Waals surface area contributed by atoms with E-state index in [4.69, 9.17) is 30.6 Å².